The number of rotatable bonds is 3. The lowest BCUT2D eigenvalue weighted by Gasteiger charge is -2.32. The number of hydrogen-bond donors (Lipinski definition) is 2. The summed E-state index contributed by atoms with van der Waals surface area (Å²) in [6.07, 6.45) is 7.01. The van der Waals surface area contributed by atoms with Crippen molar-refractivity contribution in [3.63, 3.8) is 0 Å². The summed E-state index contributed by atoms with van der Waals surface area (Å²) in [5.41, 5.74) is 3.88. The second-order valence-corrected chi connectivity index (χ2v) is 8.14. The van der Waals surface area contributed by atoms with Gasteiger partial charge in [0.25, 0.3) is 5.91 Å². The first-order valence-corrected chi connectivity index (χ1v) is 10.1. The zero-order valence-corrected chi connectivity index (χ0v) is 16.2. The first kappa shape index (κ1) is 17.9. The summed E-state index contributed by atoms with van der Waals surface area (Å²) in [4.78, 5) is 29.2. The number of carbonyl (C=O) groups is 2. The number of aryl methyl sites for hydroxylation is 1. The van der Waals surface area contributed by atoms with Gasteiger partial charge >= 0.3 is 0 Å². The molecule has 5 rings (SSSR count). The molecule has 1 aliphatic carbocycles. The lowest BCUT2D eigenvalue weighted by atomic mass is 9.70. The number of hydrogen-bond acceptors (Lipinski definition) is 3. The lowest BCUT2D eigenvalue weighted by Crippen LogP contribution is -2.36. The van der Waals surface area contributed by atoms with Gasteiger partial charge in [-0.25, -0.2) is 0 Å². The van der Waals surface area contributed by atoms with Gasteiger partial charge in [0.15, 0.2) is 0 Å². The molecule has 0 bridgehead atoms. The molecule has 1 saturated heterocycles. The van der Waals surface area contributed by atoms with Crippen LogP contribution in [0, 0.1) is 5.41 Å². The molecule has 0 radical (unpaired) electrons. The van der Waals surface area contributed by atoms with Crippen LogP contribution >= 0.6 is 0 Å². The van der Waals surface area contributed by atoms with Gasteiger partial charge in [0.05, 0.1) is 5.41 Å². The van der Waals surface area contributed by atoms with E-state index in [2.05, 4.69) is 15.6 Å². The molecule has 2 heterocycles. The average molecular weight is 385 g/mol. The average Bonchev–Trinajstić information content (AvgIpc) is 3.10. The van der Waals surface area contributed by atoms with Crippen molar-refractivity contribution in [1.29, 1.82) is 0 Å². The van der Waals surface area contributed by atoms with Crippen LogP contribution in [-0.4, -0.2) is 23.3 Å². The van der Waals surface area contributed by atoms with Crippen molar-refractivity contribution in [1.82, 2.24) is 15.6 Å². The van der Waals surface area contributed by atoms with Gasteiger partial charge in [-0.1, -0.05) is 24.3 Å². The lowest BCUT2D eigenvalue weighted by molar-refractivity contribution is -0.128. The minimum Gasteiger partial charge on any atom is -0.356 e. The zero-order valence-electron chi connectivity index (χ0n) is 16.2. The molecule has 5 heteroatoms. The summed E-state index contributed by atoms with van der Waals surface area (Å²) in [6.45, 7) is 1.24. The third kappa shape index (κ3) is 3.16. The smallest absolute Gasteiger partial charge is 0.251 e. The van der Waals surface area contributed by atoms with Gasteiger partial charge in [0.1, 0.15) is 0 Å². The van der Waals surface area contributed by atoms with Crippen LogP contribution in [0.3, 0.4) is 0 Å². The Bertz CT molecular complexity index is 1120. The Morgan fingerprint density at radius 1 is 1.14 bits per heavy atom. The molecule has 5 nitrogen and oxygen atoms in total. The van der Waals surface area contributed by atoms with Crippen LogP contribution in [0.1, 0.15) is 39.9 Å². The van der Waals surface area contributed by atoms with E-state index in [4.69, 9.17) is 0 Å². The molecular formula is C24H23N3O2. The maximum atomic E-state index is 12.8. The third-order valence-electron chi connectivity index (χ3n) is 6.45. The number of aromatic nitrogens is 1. The minimum absolute atomic E-state index is 0.0763. The third-order valence-corrected chi connectivity index (χ3v) is 6.45. The predicted molar refractivity (Wildman–Crippen MR) is 111 cm³/mol. The van der Waals surface area contributed by atoms with Gasteiger partial charge in [-0.05, 0) is 66.0 Å². The molecule has 2 aromatic carbocycles. The van der Waals surface area contributed by atoms with E-state index < -0.39 is 0 Å². The molecule has 29 heavy (non-hydrogen) atoms. The van der Waals surface area contributed by atoms with E-state index in [1.165, 1.54) is 11.1 Å². The fraction of sp³-hybridized carbons (Fsp3) is 0.292. The Morgan fingerprint density at radius 2 is 2.07 bits per heavy atom. The number of fused-ring (bicyclic) bond motifs is 2. The molecule has 0 saturated carbocycles. The van der Waals surface area contributed by atoms with E-state index in [0.29, 0.717) is 12.1 Å². The Labute approximate surface area is 169 Å². The maximum absolute atomic E-state index is 12.8. The summed E-state index contributed by atoms with van der Waals surface area (Å²) in [5, 5.41) is 8.19. The molecule has 3 aromatic rings. The number of nitrogens with zero attached hydrogens (tertiary/aromatic N) is 1. The molecule has 2 amide bonds. The number of amides is 2. The highest BCUT2D eigenvalue weighted by molar-refractivity contribution is 5.95. The van der Waals surface area contributed by atoms with Crippen molar-refractivity contribution < 1.29 is 9.59 Å². The largest absolute Gasteiger partial charge is 0.356 e. The van der Waals surface area contributed by atoms with Crippen molar-refractivity contribution >= 4 is 22.6 Å². The molecule has 1 unspecified atom stereocenters. The second kappa shape index (κ2) is 6.99. The van der Waals surface area contributed by atoms with Crippen LogP contribution in [0.4, 0.5) is 0 Å². The first-order chi connectivity index (χ1) is 14.1. The molecule has 2 aliphatic rings. The fourth-order valence-electron chi connectivity index (χ4n) is 4.73. The number of nitrogens with one attached hydrogen (secondary N) is 2. The number of pyridine rings is 1. The van der Waals surface area contributed by atoms with Gasteiger partial charge < -0.3 is 10.6 Å². The number of benzene rings is 2. The van der Waals surface area contributed by atoms with Crippen LogP contribution < -0.4 is 10.6 Å². The van der Waals surface area contributed by atoms with Gasteiger partial charge in [-0.15, -0.1) is 0 Å². The molecular weight excluding hydrogens is 362 g/mol. The van der Waals surface area contributed by atoms with Gasteiger partial charge in [-0.3, -0.25) is 14.6 Å². The second-order valence-electron chi connectivity index (χ2n) is 8.14. The van der Waals surface area contributed by atoms with E-state index in [1.54, 1.807) is 6.20 Å². The fourth-order valence-corrected chi connectivity index (χ4v) is 4.73. The Hall–Kier alpha value is -3.21. The molecule has 1 fully saturated rings. The highest BCUT2D eigenvalue weighted by atomic mass is 16.2. The van der Waals surface area contributed by atoms with E-state index in [0.717, 1.165) is 48.6 Å². The van der Waals surface area contributed by atoms with Crippen LogP contribution in [-0.2, 0) is 24.2 Å². The highest BCUT2D eigenvalue weighted by Crippen LogP contribution is 2.41. The van der Waals surface area contributed by atoms with Gasteiger partial charge in [-0.2, -0.15) is 0 Å². The van der Waals surface area contributed by atoms with Crippen molar-refractivity contribution in [2.24, 2.45) is 5.41 Å². The Balaban J connectivity index is 1.32. The molecule has 2 N–H and O–H groups in total. The molecule has 146 valence electrons. The van der Waals surface area contributed by atoms with Crippen LogP contribution in [0.2, 0.25) is 0 Å². The van der Waals surface area contributed by atoms with Crippen LogP contribution in [0.15, 0.2) is 54.9 Å². The summed E-state index contributed by atoms with van der Waals surface area (Å²) >= 11 is 0. The highest BCUT2D eigenvalue weighted by Gasteiger charge is 2.44. The molecule has 1 atom stereocenters. The van der Waals surface area contributed by atoms with Crippen LogP contribution in [0.25, 0.3) is 10.8 Å². The SMILES string of the molecule is O=C(NCc1cccc2ccncc12)c1ccc2c(c1)CCC1(CCNC1=O)C2. The van der Waals surface area contributed by atoms with Gasteiger partial charge in [0, 0.05) is 36.4 Å². The summed E-state index contributed by atoms with van der Waals surface area (Å²) in [6, 6.07) is 13.9. The van der Waals surface area contributed by atoms with Crippen molar-refractivity contribution in [2.75, 3.05) is 6.54 Å². The van der Waals surface area contributed by atoms with Gasteiger partial charge in [0.2, 0.25) is 5.91 Å². The van der Waals surface area contributed by atoms with E-state index in [9.17, 15) is 9.59 Å². The minimum atomic E-state index is -0.237. The Morgan fingerprint density at radius 3 is 2.93 bits per heavy atom. The normalized spacial score (nSPS) is 20.5. The quantitative estimate of drug-likeness (QED) is 0.728. The maximum Gasteiger partial charge on any atom is 0.251 e. The summed E-state index contributed by atoms with van der Waals surface area (Å²) in [5.74, 6) is 0.113. The van der Waals surface area contributed by atoms with Crippen molar-refractivity contribution in [3.05, 3.63) is 77.1 Å². The topological polar surface area (TPSA) is 71.1 Å². The summed E-state index contributed by atoms with van der Waals surface area (Å²) < 4.78 is 0. The molecule has 1 aromatic heterocycles. The van der Waals surface area contributed by atoms with Crippen LogP contribution in [0.5, 0.6) is 0 Å². The zero-order chi connectivity index (χ0) is 19.8. The monoisotopic (exact) mass is 385 g/mol. The van der Waals surface area contributed by atoms with E-state index >= 15 is 0 Å². The van der Waals surface area contributed by atoms with E-state index in [1.807, 2.05) is 48.7 Å². The Kier molecular flexibility index (Phi) is 4.31. The van der Waals surface area contributed by atoms with E-state index in [-0.39, 0.29) is 17.2 Å². The van der Waals surface area contributed by atoms with Crippen molar-refractivity contribution in [3.8, 4) is 0 Å². The summed E-state index contributed by atoms with van der Waals surface area (Å²) in [7, 11) is 0. The predicted octanol–water partition coefficient (Wildman–Crippen LogP) is 3.16. The molecule has 1 spiro atoms. The van der Waals surface area contributed by atoms with Crippen molar-refractivity contribution in [2.45, 2.75) is 32.2 Å². The number of carbonyl (C=O) groups excluding carboxylic acids is 2. The standard InChI is InChI=1S/C24H23N3O2/c28-22(27-14-20-3-1-2-16-7-10-25-15-21(16)20)18-4-5-19-13-24(8-6-17(19)12-18)9-11-26-23(24)29/h1-5,7,10,12,15H,6,8-9,11,13-14H2,(H,26,29)(H,27,28). The first-order valence-electron chi connectivity index (χ1n) is 10.1. The molecule has 1 aliphatic heterocycles.